The van der Waals surface area contributed by atoms with E-state index in [4.69, 9.17) is 4.74 Å². The molecule has 1 N–H and O–H groups in total. The van der Waals surface area contributed by atoms with Crippen molar-refractivity contribution >= 4 is 34.1 Å². The maximum atomic E-state index is 13.3. The first-order valence-corrected chi connectivity index (χ1v) is 16.2. The lowest BCUT2D eigenvalue weighted by atomic mass is 9.54. The first kappa shape index (κ1) is 27.6. The van der Waals surface area contributed by atoms with Crippen LogP contribution >= 0.6 is 11.3 Å². The maximum absolute atomic E-state index is 13.3. The molecule has 214 valence electrons. The number of Topliss-reactive ketones (excluding diaryl/α,β-unsaturated/α-hetero) is 1. The number of ether oxygens (including phenoxy) is 1. The van der Waals surface area contributed by atoms with Gasteiger partial charge in [-0.2, -0.15) is 0 Å². The summed E-state index contributed by atoms with van der Waals surface area (Å²) < 4.78 is 5.77. The van der Waals surface area contributed by atoms with Crippen molar-refractivity contribution in [3.8, 4) is 5.75 Å². The average Bonchev–Trinajstić information content (AvgIpc) is 3.66. The summed E-state index contributed by atoms with van der Waals surface area (Å²) in [5.74, 6) is 3.06. The van der Waals surface area contributed by atoms with Gasteiger partial charge in [0.25, 0.3) is 0 Å². The molecule has 5 unspecified atom stereocenters. The number of carbonyl (C=O) groups is 3. The molecule has 1 amide bonds. The molecule has 0 aliphatic heterocycles. The Morgan fingerprint density at radius 1 is 1.12 bits per heavy atom. The number of carbonyl (C=O) groups excluding carboxylic acids is 3. The van der Waals surface area contributed by atoms with Crippen molar-refractivity contribution in [2.75, 3.05) is 5.32 Å². The van der Waals surface area contributed by atoms with E-state index in [9.17, 15) is 14.4 Å². The zero-order valence-electron chi connectivity index (χ0n) is 23.9. The molecule has 0 bridgehead atoms. The molecular weight excluding hydrogens is 520 g/mol. The normalized spacial score (nSPS) is 29.5. The predicted octanol–water partition coefficient (Wildman–Crippen LogP) is 7.40. The standard InChI is InChI=1S/C33H42N2O4S/c1-20-19-34-32(40-20)35-29(37)13-9-23-18-28(36)33(2)16-15-26-25-12-10-24(17-22(25)8-11-27(26)31(23)33)39-30(38)14-7-21-5-3-4-6-21/h10,12,17,19,21,23,26-27,31H,3-9,11,13-16,18H2,1-2H3,(H,34,35,37). The monoisotopic (exact) mass is 562 g/mol. The molecule has 0 saturated heterocycles. The van der Waals surface area contributed by atoms with Crippen molar-refractivity contribution in [3.63, 3.8) is 0 Å². The van der Waals surface area contributed by atoms with Crippen LogP contribution in [0.5, 0.6) is 5.75 Å². The molecule has 0 radical (unpaired) electrons. The number of benzene rings is 1. The number of hydrogen-bond acceptors (Lipinski definition) is 6. The Balaban J connectivity index is 1.11. The minimum atomic E-state index is -0.277. The predicted molar refractivity (Wildman–Crippen MR) is 156 cm³/mol. The SMILES string of the molecule is Cc1cnc(NC(=O)CCC2CC(=O)C3(C)CCC4c5ccc(OC(=O)CCC6CCCC6)cc5CCC4C23)s1. The summed E-state index contributed by atoms with van der Waals surface area (Å²) in [6.07, 6.45) is 14.0. The Bertz CT molecular complexity index is 1280. The number of nitrogens with one attached hydrogen (secondary N) is 1. The van der Waals surface area contributed by atoms with E-state index in [0.29, 0.717) is 59.6 Å². The number of hydrogen-bond donors (Lipinski definition) is 1. The molecule has 4 aliphatic carbocycles. The third-order valence-corrected chi connectivity index (χ3v) is 11.4. The van der Waals surface area contributed by atoms with E-state index >= 15 is 0 Å². The first-order valence-electron chi connectivity index (χ1n) is 15.4. The quantitative estimate of drug-likeness (QED) is 0.268. The summed E-state index contributed by atoms with van der Waals surface area (Å²) in [5.41, 5.74) is 2.39. The van der Waals surface area contributed by atoms with Gasteiger partial charge in [-0.1, -0.05) is 38.7 Å². The van der Waals surface area contributed by atoms with Gasteiger partial charge in [0.15, 0.2) is 5.13 Å². The molecule has 5 atom stereocenters. The molecular formula is C33H42N2O4S. The summed E-state index contributed by atoms with van der Waals surface area (Å²) in [5, 5.41) is 3.59. The average molecular weight is 563 g/mol. The fourth-order valence-electron chi connectivity index (χ4n) is 8.66. The van der Waals surface area contributed by atoms with Gasteiger partial charge in [0.05, 0.1) is 0 Å². The van der Waals surface area contributed by atoms with Crippen LogP contribution in [0.1, 0.15) is 106 Å². The van der Waals surface area contributed by atoms with Crippen LogP contribution in [0, 0.1) is 36.0 Å². The van der Waals surface area contributed by atoms with Gasteiger partial charge in [-0.25, -0.2) is 4.98 Å². The van der Waals surface area contributed by atoms with E-state index in [0.717, 1.165) is 43.4 Å². The number of ketones is 1. The van der Waals surface area contributed by atoms with E-state index in [-0.39, 0.29) is 23.2 Å². The summed E-state index contributed by atoms with van der Waals surface area (Å²) in [7, 11) is 0. The second kappa shape index (κ2) is 11.4. The van der Waals surface area contributed by atoms with Crippen LogP contribution in [0.4, 0.5) is 5.13 Å². The first-order chi connectivity index (χ1) is 19.3. The molecule has 6 nitrogen and oxygen atoms in total. The van der Waals surface area contributed by atoms with E-state index in [1.807, 2.05) is 13.0 Å². The number of anilines is 1. The van der Waals surface area contributed by atoms with Gasteiger partial charge in [-0.15, -0.1) is 11.3 Å². The Morgan fingerprint density at radius 3 is 2.73 bits per heavy atom. The lowest BCUT2D eigenvalue weighted by Crippen LogP contribution is -2.44. The molecule has 2 aromatic rings. The van der Waals surface area contributed by atoms with Crippen LogP contribution in [0.15, 0.2) is 24.4 Å². The zero-order chi connectivity index (χ0) is 27.9. The summed E-state index contributed by atoms with van der Waals surface area (Å²) in [4.78, 5) is 43.9. The van der Waals surface area contributed by atoms with E-state index < -0.39 is 0 Å². The van der Waals surface area contributed by atoms with Crippen molar-refractivity contribution in [1.29, 1.82) is 0 Å². The summed E-state index contributed by atoms with van der Waals surface area (Å²) in [6, 6.07) is 6.25. The second-order valence-corrected chi connectivity index (χ2v) is 14.3. The number of esters is 1. The van der Waals surface area contributed by atoms with Gasteiger partial charge in [-0.05, 0) is 98.3 Å². The fraction of sp³-hybridized carbons (Fsp3) is 0.636. The number of nitrogens with zero attached hydrogens (tertiary/aromatic N) is 1. The van der Waals surface area contributed by atoms with Crippen LogP contribution in [0.25, 0.3) is 0 Å². The number of rotatable bonds is 8. The highest BCUT2D eigenvalue weighted by molar-refractivity contribution is 7.15. The highest BCUT2D eigenvalue weighted by Crippen LogP contribution is 2.62. The van der Waals surface area contributed by atoms with Gasteiger partial charge < -0.3 is 10.1 Å². The van der Waals surface area contributed by atoms with Crippen molar-refractivity contribution in [2.24, 2.45) is 29.1 Å². The molecule has 4 aliphatic rings. The Hall–Kier alpha value is -2.54. The third-order valence-electron chi connectivity index (χ3n) is 10.6. The Morgan fingerprint density at radius 2 is 1.95 bits per heavy atom. The minimum absolute atomic E-state index is 0.0120. The molecule has 1 aromatic carbocycles. The number of amides is 1. The van der Waals surface area contributed by atoms with Crippen LogP contribution in [0.2, 0.25) is 0 Å². The molecule has 0 spiro atoms. The number of aryl methyl sites for hydroxylation is 2. The molecule has 1 aromatic heterocycles. The molecule has 3 saturated carbocycles. The molecule has 7 heteroatoms. The fourth-order valence-corrected chi connectivity index (χ4v) is 9.34. The summed E-state index contributed by atoms with van der Waals surface area (Å²) >= 11 is 1.49. The maximum Gasteiger partial charge on any atom is 0.311 e. The van der Waals surface area contributed by atoms with E-state index in [1.54, 1.807) is 6.20 Å². The van der Waals surface area contributed by atoms with Crippen LogP contribution in [0.3, 0.4) is 0 Å². The van der Waals surface area contributed by atoms with Gasteiger partial charge in [0.2, 0.25) is 5.91 Å². The number of thiazole rings is 1. The topological polar surface area (TPSA) is 85.4 Å². The van der Waals surface area contributed by atoms with Crippen LogP contribution in [-0.4, -0.2) is 22.6 Å². The lowest BCUT2D eigenvalue weighted by molar-refractivity contribution is -0.134. The van der Waals surface area contributed by atoms with E-state index in [1.165, 1.54) is 48.1 Å². The van der Waals surface area contributed by atoms with Gasteiger partial charge in [-0.3, -0.25) is 14.4 Å². The second-order valence-electron chi connectivity index (χ2n) is 13.1. The van der Waals surface area contributed by atoms with Crippen molar-refractivity contribution in [2.45, 2.75) is 103 Å². The van der Waals surface area contributed by atoms with Gasteiger partial charge in [0.1, 0.15) is 11.5 Å². The number of fused-ring (bicyclic) bond motifs is 5. The lowest BCUT2D eigenvalue weighted by Gasteiger charge is -2.50. The smallest absolute Gasteiger partial charge is 0.311 e. The highest BCUT2D eigenvalue weighted by Gasteiger charge is 2.58. The van der Waals surface area contributed by atoms with Gasteiger partial charge in [0, 0.05) is 35.8 Å². The molecule has 3 fully saturated rings. The molecule has 40 heavy (non-hydrogen) atoms. The minimum Gasteiger partial charge on any atom is -0.427 e. The molecule has 6 rings (SSSR count). The Kier molecular flexibility index (Phi) is 7.86. The van der Waals surface area contributed by atoms with Crippen molar-refractivity contribution in [3.05, 3.63) is 40.4 Å². The highest BCUT2D eigenvalue weighted by atomic mass is 32.1. The zero-order valence-corrected chi connectivity index (χ0v) is 24.7. The Labute approximate surface area is 241 Å². The van der Waals surface area contributed by atoms with E-state index in [2.05, 4.69) is 29.4 Å². The van der Waals surface area contributed by atoms with Crippen molar-refractivity contribution < 1.29 is 19.1 Å². The van der Waals surface area contributed by atoms with Crippen molar-refractivity contribution in [1.82, 2.24) is 4.98 Å². The number of aromatic nitrogens is 1. The largest absolute Gasteiger partial charge is 0.427 e. The third kappa shape index (κ3) is 5.50. The van der Waals surface area contributed by atoms with Gasteiger partial charge >= 0.3 is 5.97 Å². The summed E-state index contributed by atoms with van der Waals surface area (Å²) in [6.45, 7) is 4.17. The molecule has 1 heterocycles. The van der Waals surface area contributed by atoms with Crippen LogP contribution in [-0.2, 0) is 20.8 Å². The van der Waals surface area contributed by atoms with Crippen LogP contribution < -0.4 is 10.1 Å².